The van der Waals surface area contributed by atoms with Crippen LogP contribution < -0.4 is 21.5 Å². The van der Waals surface area contributed by atoms with Gasteiger partial charge in [-0.25, -0.2) is 0 Å². The van der Waals surface area contributed by atoms with Gasteiger partial charge in [0.25, 0.3) is 0 Å². The Bertz CT molecular complexity index is 571. The van der Waals surface area contributed by atoms with E-state index in [0.717, 1.165) is 27.6 Å². The zero-order chi connectivity index (χ0) is 18.4. The summed E-state index contributed by atoms with van der Waals surface area (Å²) in [5, 5.41) is 3.65. The van der Waals surface area contributed by atoms with Crippen molar-refractivity contribution in [3.8, 4) is 5.75 Å². The molecule has 132 valence electrons. The van der Waals surface area contributed by atoms with Gasteiger partial charge in [-0.15, -0.1) is 0 Å². The highest BCUT2D eigenvalue weighted by Gasteiger charge is 1.96. The Balaban J connectivity index is 0.000000506. The number of rotatable bonds is 7. The van der Waals surface area contributed by atoms with Crippen LogP contribution >= 0.6 is 11.6 Å². The minimum Gasteiger partial charge on any atom is -0.497 e. The summed E-state index contributed by atoms with van der Waals surface area (Å²) >= 11 is 5.56. The van der Waals surface area contributed by atoms with Crippen molar-refractivity contribution in [2.24, 2.45) is 11.5 Å². The van der Waals surface area contributed by atoms with Crippen LogP contribution in [-0.4, -0.2) is 13.8 Å². The number of halogens is 1. The van der Waals surface area contributed by atoms with Crippen molar-refractivity contribution in [2.45, 2.75) is 20.3 Å². The second-order valence-corrected chi connectivity index (χ2v) is 5.62. The minimum absolute atomic E-state index is 0.392. The van der Waals surface area contributed by atoms with E-state index < -0.39 is 0 Å². The summed E-state index contributed by atoms with van der Waals surface area (Å²) in [5.74, 6) is 0.849. The maximum atomic E-state index is 5.77. The quantitative estimate of drug-likeness (QED) is 0.517. The van der Waals surface area contributed by atoms with Gasteiger partial charge in [-0.2, -0.15) is 0 Å². The van der Waals surface area contributed by atoms with Gasteiger partial charge in [0.1, 0.15) is 5.75 Å². The number of nitrogens with one attached hydrogen (secondary N) is 1. The van der Waals surface area contributed by atoms with Gasteiger partial charge in [0.05, 0.1) is 13.8 Å². The zero-order valence-electron chi connectivity index (χ0n) is 14.7. The van der Waals surface area contributed by atoms with E-state index >= 15 is 0 Å². The number of allylic oxidation sites excluding steroid dienone is 6. The Morgan fingerprint density at radius 1 is 1.25 bits per heavy atom. The zero-order valence-corrected chi connectivity index (χ0v) is 15.4. The first kappa shape index (κ1) is 21.8. The van der Waals surface area contributed by atoms with Gasteiger partial charge in [-0.05, 0) is 37.6 Å². The molecule has 4 nitrogen and oxygen atoms in total. The molecule has 0 saturated heterocycles. The number of nitrogens with two attached hydrogens (primary N) is 2. The van der Waals surface area contributed by atoms with E-state index in [1.807, 2.05) is 50.3 Å². The SMILES string of the molecule is C=C/C(C)=C\C=C(/C)Cl.COc1ccc(C/C(N)=C/NCN)cc1. The first-order valence-electron chi connectivity index (χ1n) is 7.57. The van der Waals surface area contributed by atoms with Crippen LogP contribution in [-0.2, 0) is 6.42 Å². The summed E-state index contributed by atoms with van der Waals surface area (Å²) in [6.07, 6.45) is 7.99. The van der Waals surface area contributed by atoms with Crippen LogP contribution in [0, 0.1) is 0 Å². The van der Waals surface area contributed by atoms with Crippen molar-refractivity contribution in [2.75, 3.05) is 13.8 Å². The van der Waals surface area contributed by atoms with Crippen molar-refractivity contribution in [1.82, 2.24) is 5.32 Å². The lowest BCUT2D eigenvalue weighted by atomic mass is 10.1. The molecule has 0 aliphatic heterocycles. The van der Waals surface area contributed by atoms with E-state index in [4.69, 9.17) is 27.8 Å². The highest BCUT2D eigenvalue weighted by atomic mass is 35.5. The number of methoxy groups -OCH3 is 1. The molecular weight excluding hydrogens is 322 g/mol. The molecule has 0 saturated carbocycles. The van der Waals surface area contributed by atoms with Gasteiger partial charge in [0.2, 0.25) is 0 Å². The molecule has 5 N–H and O–H groups in total. The van der Waals surface area contributed by atoms with Crippen LogP contribution in [0.5, 0.6) is 5.75 Å². The normalized spacial score (nSPS) is 12.1. The van der Waals surface area contributed by atoms with E-state index in [-0.39, 0.29) is 0 Å². The minimum atomic E-state index is 0.392. The fraction of sp³-hybridized carbons (Fsp3) is 0.263. The van der Waals surface area contributed by atoms with Gasteiger partial charge in [-0.1, -0.05) is 48.0 Å². The van der Waals surface area contributed by atoms with Gasteiger partial charge >= 0.3 is 0 Å². The number of hydrogen-bond acceptors (Lipinski definition) is 4. The van der Waals surface area contributed by atoms with Crippen molar-refractivity contribution >= 4 is 11.6 Å². The number of ether oxygens (including phenoxy) is 1. The lowest BCUT2D eigenvalue weighted by Crippen LogP contribution is -2.18. The molecule has 0 aliphatic rings. The third kappa shape index (κ3) is 11.4. The molecule has 0 bridgehead atoms. The summed E-state index contributed by atoms with van der Waals surface area (Å²) in [5.41, 5.74) is 14.1. The molecule has 0 radical (unpaired) electrons. The molecule has 0 aromatic heterocycles. The monoisotopic (exact) mass is 349 g/mol. The third-order valence-corrected chi connectivity index (χ3v) is 3.00. The highest BCUT2D eigenvalue weighted by molar-refractivity contribution is 6.29. The summed E-state index contributed by atoms with van der Waals surface area (Å²) in [6, 6.07) is 7.81. The Hall–Kier alpha value is -2.17. The molecular formula is C19H28ClN3O. The molecule has 24 heavy (non-hydrogen) atoms. The maximum absolute atomic E-state index is 5.77. The van der Waals surface area contributed by atoms with Crippen LogP contribution in [0.3, 0.4) is 0 Å². The van der Waals surface area contributed by atoms with E-state index in [0.29, 0.717) is 13.1 Å². The molecule has 1 rings (SSSR count). The van der Waals surface area contributed by atoms with Crippen molar-refractivity contribution in [3.63, 3.8) is 0 Å². The molecule has 0 aliphatic carbocycles. The maximum Gasteiger partial charge on any atom is 0.118 e. The van der Waals surface area contributed by atoms with Crippen LogP contribution in [0.15, 0.2) is 71.6 Å². The lowest BCUT2D eigenvalue weighted by Gasteiger charge is -2.04. The van der Waals surface area contributed by atoms with E-state index in [1.54, 1.807) is 19.4 Å². The second kappa shape index (κ2) is 13.3. The summed E-state index contributed by atoms with van der Waals surface area (Å²) in [4.78, 5) is 0. The Labute approximate surface area is 150 Å². The molecule has 0 unspecified atom stereocenters. The number of benzene rings is 1. The number of hydrogen-bond donors (Lipinski definition) is 3. The molecule has 0 amide bonds. The third-order valence-electron chi connectivity index (χ3n) is 2.87. The molecule has 0 atom stereocenters. The molecule has 1 aromatic carbocycles. The van der Waals surface area contributed by atoms with Crippen molar-refractivity contribution in [3.05, 3.63) is 77.1 Å². The summed E-state index contributed by atoms with van der Waals surface area (Å²) in [7, 11) is 1.65. The predicted octanol–water partition coefficient (Wildman–Crippen LogP) is 3.80. The standard InChI is InChI=1S/C11H17N3O.C8H11Cl/c1-15-11-4-2-9(3-5-11)6-10(13)7-14-8-12;1-4-7(2)5-6-8(3)9/h2-5,7,14H,6,8,12-13H2,1H3;4-6H,1H2,2-3H3/b10-7-;7-5-,8-6+. The van der Waals surface area contributed by atoms with Gasteiger partial charge in [0, 0.05) is 23.4 Å². The van der Waals surface area contributed by atoms with Crippen LogP contribution in [0.25, 0.3) is 0 Å². The first-order chi connectivity index (χ1) is 11.4. The lowest BCUT2D eigenvalue weighted by molar-refractivity contribution is 0.414. The van der Waals surface area contributed by atoms with Crippen LogP contribution in [0.2, 0.25) is 0 Å². The molecule has 5 heteroatoms. The highest BCUT2D eigenvalue weighted by Crippen LogP contribution is 2.12. The Kier molecular flexibility index (Phi) is 12.1. The van der Waals surface area contributed by atoms with E-state index in [1.165, 1.54) is 0 Å². The van der Waals surface area contributed by atoms with Crippen molar-refractivity contribution < 1.29 is 4.74 Å². The van der Waals surface area contributed by atoms with E-state index in [9.17, 15) is 0 Å². The smallest absolute Gasteiger partial charge is 0.118 e. The fourth-order valence-corrected chi connectivity index (χ4v) is 1.60. The molecule has 1 aromatic rings. The van der Waals surface area contributed by atoms with Crippen LogP contribution in [0.1, 0.15) is 19.4 Å². The predicted molar refractivity (Wildman–Crippen MR) is 105 cm³/mol. The summed E-state index contributed by atoms with van der Waals surface area (Å²) in [6.45, 7) is 7.81. The topological polar surface area (TPSA) is 73.3 Å². The van der Waals surface area contributed by atoms with Gasteiger partial charge < -0.3 is 21.5 Å². The van der Waals surface area contributed by atoms with Gasteiger partial charge in [0.15, 0.2) is 0 Å². The first-order valence-corrected chi connectivity index (χ1v) is 7.94. The van der Waals surface area contributed by atoms with Crippen molar-refractivity contribution in [1.29, 1.82) is 0 Å². The fourth-order valence-electron chi connectivity index (χ4n) is 1.53. The van der Waals surface area contributed by atoms with Crippen LogP contribution in [0.4, 0.5) is 0 Å². The molecule has 0 spiro atoms. The van der Waals surface area contributed by atoms with Gasteiger partial charge in [-0.3, -0.25) is 0 Å². The second-order valence-electron chi connectivity index (χ2n) is 5.02. The Morgan fingerprint density at radius 2 is 1.88 bits per heavy atom. The largest absolute Gasteiger partial charge is 0.497 e. The molecule has 0 fully saturated rings. The molecule has 0 heterocycles. The Morgan fingerprint density at radius 3 is 2.33 bits per heavy atom. The van der Waals surface area contributed by atoms with E-state index in [2.05, 4.69) is 11.9 Å². The summed E-state index contributed by atoms with van der Waals surface area (Å²) < 4.78 is 5.06. The average molecular weight is 350 g/mol. The average Bonchev–Trinajstić information content (AvgIpc) is 2.59.